The number of morpholine rings is 1. The van der Waals surface area contributed by atoms with Crippen molar-refractivity contribution >= 4 is 11.7 Å². The molecule has 8 heteroatoms. The number of fused-ring (bicyclic) bond motifs is 2. The smallest absolute Gasteiger partial charge is 0.258 e. The van der Waals surface area contributed by atoms with E-state index in [9.17, 15) is 9.59 Å². The Labute approximate surface area is 195 Å². The van der Waals surface area contributed by atoms with Crippen LogP contribution in [-0.4, -0.2) is 95.1 Å². The van der Waals surface area contributed by atoms with Gasteiger partial charge in [0.05, 0.1) is 35.9 Å². The number of nitrogens with zero attached hydrogens (tertiary/aromatic N) is 3. The summed E-state index contributed by atoms with van der Waals surface area (Å²) < 4.78 is 22.5. The lowest BCUT2D eigenvalue weighted by molar-refractivity contribution is -0.210. The number of rotatable bonds is 2. The highest BCUT2D eigenvalue weighted by molar-refractivity contribution is 6.20. The molecule has 1 amide bonds. The van der Waals surface area contributed by atoms with Crippen molar-refractivity contribution in [3.63, 3.8) is 0 Å². The fourth-order valence-corrected chi connectivity index (χ4v) is 7.50. The highest BCUT2D eigenvalue weighted by Crippen LogP contribution is 2.47. The molecular formula is C25H37FN4O3. The van der Waals surface area contributed by atoms with Crippen LogP contribution in [0.1, 0.15) is 57.8 Å². The van der Waals surface area contributed by atoms with Crippen LogP contribution in [-0.2, 0) is 14.3 Å². The van der Waals surface area contributed by atoms with E-state index in [1.807, 2.05) is 11.1 Å². The molecule has 4 aliphatic heterocycles. The van der Waals surface area contributed by atoms with Crippen LogP contribution in [0.15, 0.2) is 11.8 Å². The summed E-state index contributed by atoms with van der Waals surface area (Å²) in [4.78, 5) is 33.4. The molecule has 2 saturated carbocycles. The Morgan fingerprint density at radius 3 is 2.58 bits per heavy atom. The van der Waals surface area contributed by atoms with Crippen LogP contribution in [0.4, 0.5) is 4.39 Å². The molecule has 2 N–H and O–H groups in total. The maximum Gasteiger partial charge on any atom is 0.258 e. The standard InChI is InChI=1S/C25H37FN4O3/c26-18-12-16-21-24(22(18)29-11-8-15(27)13-29)33-20-7-3-2-6-19(20)30(21)14-17(23(16)31)25(32)28-9-4-1-5-10-28/h14-16,18-22,24H,1-13,27H2. The van der Waals surface area contributed by atoms with Gasteiger partial charge in [-0.15, -0.1) is 0 Å². The van der Waals surface area contributed by atoms with Gasteiger partial charge in [0.2, 0.25) is 0 Å². The number of nitrogens with two attached hydrogens (primary N) is 1. The first-order chi connectivity index (χ1) is 16.0. The van der Waals surface area contributed by atoms with Gasteiger partial charge < -0.3 is 20.3 Å². The maximum absolute atomic E-state index is 15.8. The molecule has 8 atom stereocenters. The van der Waals surface area contributed by atoms with Crippen LogP contribution in [0, 0.1) is 5.92 Å². The van der Waals surface area contributed by atoms with Gasteiger partial charge in [-0.2, -0.15) is 0 Å². The van der Waals surface area contributed by atoms with Crippen molar-refractivity contribution in [2.75, 3.05) is 26.2 Å². The highest BCUT2D eigenvalue weighted by Gasteiger charge is 2.60. The second-order valence-corrected chi connectivity index (χ2v) is 11.1. The molecule has 182 valence electrons. The molecule has 6 aliphatic rings. The molecule has 0 bridgehead atoms. The highest BCUT2D eigenvalue weighted by atomic mass is 19.1. The minimum atomic E-state index is -1.16. The van der Waals surface area contributed by atoms with Gasteiger partial charge in [0.25, 0.3) is 5.91 Å². The summed E-state index contributed by atoms with van der Waals surface area (Å²) in [7, 11) is 0. The number of hydrogen-bond acceptors (Lipinski definition) is 6. The molecule has 0 aromatic heterocycles. The van der Waals surface area contributed by atoms with Crippen molar-refractivity contribution < 1.29 is 18.7 Å². The zero-order valence-corrected chi connectivity index (χ0v) is 19.4. The summed E-state index contributed by atoms with van der Waals surface area (Å²) in [6, 6.07) is -0.328. The van der Waals surface area contributed by atoms with Gasteiger partial charge >= 0.3 is 0 Å². The normalized spacial score (nSPS) is 43.7. The van der Waals surface area contributed by atoms with Gasteiger partial charge in [-0.3, -0.25) is 14.5 Å². The van der Waals surface area contributed by atoms with Crippen molar-refractivity contribution in [1.29, 1.82) is 0 Å². The summed E-state index contributed by atoms with van der Waals surface area (Å²) in [6.45, 7) is 2.87. The minimum Gasteiger partial charge on any atom is -0.369 e. The first kappa shape index (κ1) is 22.0. The van der Waals surface area contributed by atoms with E-state index in [0.29, 0.717) is 19.6 Å². The fraction of sp³-hybridized carbons (Fsp3) is 0.840. The van der Waals surface area contributed by atoms with Crippen LogP contribution < -0.4 is 5.73 Å². The van der Waals surface area contributed by atoms with Gasteiger partial charge in [-0.25, -0.2) is 4.39 Å². The predicted octanol–water partition coefficient (Wildman–Crippen LogP) is 1.61. The Bertz CT molecular complexity index is 830. The third kappa shape index (κ3) is 3.64. The Hall–Kier alpha value is -1.51. The summed E-state index contributed by atoms with van der Waals surface area (Å²) in [5, 5.41) is 0. The molecule has 6 rings (SSSR count). The minimum absolute atomic E-state index is 0.0283. The number of ketones is 1. The monoisotopic (exact) mass is 460 g/mol. The Morgan fingerprint density at radius 2 is 1.82 bits per heavy atom. The van der Waals surface area contributed by atoms with E-state index in [0.717, 1.165) is 57.9 Å². The lowest BCUT2D eigenvalue weighted by atomic mass is 9.69. The molecule has 0 aromatic rings. The maximum atomic E-state index is 15.8. The average molecular weight is 461 g/mol. The number of halogens is 1. The number of amides is 1. The number of alkyl halides is 1. The predicted molar refractivity (Wildman–Crippen MR) is 121 cm³/mol. The number of Topliss-reactive ketones (excluding diaryl/α,β-unsaturated/α-hetero) is 1. The zero-order chi connectivity index (χ0) is 22.7. The van der Waals surface area contributed by atoms with E-state index < -0.39 is 12.1 Å². The van der Waals surface area contributed by atoms with Crippen molar-refractivity contribution in [2.45, 2.75) is 100 Å². The number of likely N-dealkylation sites (tertiary alicyclic amines) is 2. The van der Waals surface area contributed by atoms with Crippen LogP contribution in [0.3, 0.4) is 0 Å². The van der Waals surface area contributed by atoms with Gasteiger partial charge in [0.1, 0.15) is 6.17 Å². The van der Waals surface area contributed by atoms with E-state index in [2.05, 4.69) is 9.80 Å². The van der Waals surface area contributed by atoms with Gasteiger partial charge in [-0.1, -0.05) is 12.8 Å². The van der Waals surface area contributed by atoms with Crippen molar-refractivity contribution in [3.8, 4) is 0 Å². The van der Waals surface area contributed by atoms with Crippen molar-refractivity contribution in [2.24, 2.45) is 11.7 Å². The van der Waals surface area contributed by atoms with E-state index in [4.69, 9.17) is 10.5 Å². The molecule has 0 spiro atoms. The SMILES string of the molecule is NC1CCN(C2C(F)CC3C(=O)C(C(=O)N4CCCCC4)=CN4C5CCCCC5OC2C34)C1. The molecular weight excluding hydrogens is 423 g/mol. The Balaban J connectivity index is 1.37. The fourth-order valence-electron chi connectivity index (χ4n) is 7.50. The van der Waals surface area contributed by atoms with Crippen molar-refractivity contribution in [3.05, 3.63) is 11.8 Å². The molecule has 4 heterocycles. The molecule has 7 nitrogen and oxygen atoms in total. The lowest BCUT2D eigenvalue weighted by Gasteiger charge is -2.60. The molecule has 3 saturated heterocycles. The second kappa shape index (κ2) is 8.61. The Morgan fingerprint density at radius 1 is 1.03 bits per heavy atom. The number of carbonyl (C=O) groups excluding carboxylic acids is 2. The van der Waals surface area contributed by atoms with Crippen molar-refractivity contribution in [1.82, 2.24) is 14.7 Å². The first-order valence-electron chi connectivity index (χ1n) is 13.1. The van der Waals surface area contributed by atoms with Crippen LogP contribution in [0.5, 0.6) is 0 Å². The van der Waals surface area contributed by atoms with Crippen LogP contribution in [0.25, 0.3) is 0 Å². The van der Waals surface area contributed by atoms with E-state index in [1.165, 1.54) is 0 Å². The lowest BCUT2D eigenvalue weighted by Crippen LogP contribution is -2.73. The third-order valence-corrected chi connectivity index (χ3v) is 9.09. The van der Waals surface area contributed by atoms with Crippen LogP contribution in [0.2, 0.25) is 0 Å². The molecule has 33 heavy (non-hydrogen) atoms. The first-order valence-corrected chi connectivity index (χ1v) is 13.1. The summed E-state index contributed by atoms with van der Waals surface area (Å²) in [6.07, 6.45) is 8.67. The number of hydrogen-bond donors (Lipinski definition) is 1. The van der Waals surface area contributed by atoms with E-state index in [1.54, 1.807) is 0 Å². The number of carbonyl (C=O) groups is 2. The van der Waals surface area contributed by atoms with Gasteiger partial charge in [0.15, 0.2) is 5.78 Å². The summed E-state index contributed by atoms with van der Waals surface area (Å²) in [5.41, 5.74) is 6.44. The topological polar surface area (TPSA) is 79.1 Å². The Kier molecular flexibility index (Phi) is 5.74. The molecule has 8 unspecified atom stereocenters. The number of ether oxygens (including phenoxy) is 1. The van der Waals surface area contributed by atoms with E-state index in [-0.39, 0.29) is 60.1 Å². The molecule has 2 aliphatic carbocycles. The quantitative estimate of drug-likeness (QED) is 0.631. The van der Waals surface area contributed by atoms with Gasteiger partial charge in [0, 0.05) is 44.3 Å². The second-order valence-electron chi connectivity index (χ2n) is 11.1. The molecule has 0 radical (unpaired) electrons. The molecule has 0 aromatic carbocycles. The number of piperidine rings is 1. The zero-order valence-electron chi connectivity index (χ0n) is 19.4. The summed E-state index contributed by atoms with van der Waals surface area (Å²) >= 11 is 0. The van der Waals surface area contributed by atoms with Crippen LogP contribution >= 0.6 is 0 Å². The molecule has 5 fully saturated rings. The van der Waals surface area contributed by atoms with E-state index >= 15 is 4.39 Å². The van der Waals surface area contributed by atoms with Gasteiger partial charge in [-0.05, 0) is 44.9 Å². The average Bonchev–Trinajstić information content (AvgIpc) is 3.26. The third-order valence-electron chi connectivity index (χ3n) is 9.09. The summed E-state index contributed by atoms with van der Waals surface area (Å²) in [5.74, 6) is -0.848. The largest absolute Gasteiger partial charge is 0.369 e.